The van der Waals surface area contributed by atoms with Crippen LogP contribution in [0.25, 0.3) is 0 Å². The Balaban J connectivity index is 1.51. The van der Waals surface area contributed by atoms with Crippen LogP contribution >= 0.6 is 11.3 Å². The standard InChI is InChI=1S/C22H27N3O2S/c1-26-22-6-5-18(12-20(22)15-25-9-3-8-23-25)13-24(14-19-7-11-28-17-19)16-21-4-2-10-27-21/h3,5-9,11-12,17,21H,2,4,10,13-16H2,1H3. The van der Waals surface area contributed by atoms with E-state index in [2.05, 4.69) is 45.0 Å². The number of hydrogen-bond donors (Lipinski definition) is 0. The molecule has 3 heterocycles. The molecule has 0 radical (unpaired) electrons. The normalized spacial score (nSPS) is 16.7. The van der Waals surface area contributed by atoms with Crippen LogP contribution in [0.15, 0.2) is 53.5 Å². The molecule has 148 valence electrons. The Morgan fingerprint density at radius 2 is 2.21 bits per heavy atom. The lowest BCUT2D eigenvalue weighted by Crippen LogP contribution is -2.31. The Hall–Kier alpha value is -2.15. The Bertz CT molecular complexity index is 843. The number of thiophene rings is 1. The molecule has 0 saturated carbocycles. The van der Waals surface area contributed by atoms with Gasteiger partial charge in [-0.05, 0) is 59.0 Å². The van der Waals surface area contributed by atoms with E-state index in [0.29, 0.717) is 12.6 Å². The third-order valence-electron chi connectivity index (χ3n) is 5.11. The van der Waals surface area contributed by atoms with Gasteiger partial charge in [-0.2, -0.15) is 16.4 Å². The van der Waals surface area contributed by atoms with Crippen molar-refractivity contribution in [1.29, 1.82) is 0 Å². The van der Waals surface area contributed by atoms with Crippen LogP contribution in [-0.4, -0.2) is 41.0 Å². The number of nitrogens with zero attached hydrogens (tertiary/aromatic N) is 3. The van der Waals surface area contributed by atoms with Gasteiger partial charge in [0.25, 0.3) is 0 Å². The van der Waals surface area contributed by atoms with Crippen molar-refractivity contribution in [2.75, 3.05) is 20.3 Å². The molecule has 0 N–H and O–H groups in total. The maximum absolute atomic E-state index is 5.90. The summed E-state index contributed by atoms with van der Waals surface area (Å²) in [6.45, 7) is 4.42. The summed E-state index contributed by atoms with van der Waals surface area (Å²) in [5.41, 5.74) is 3.81. The Morgan fingerprint density at radius 3 is 2.93 bits per heavy atom. The van der Waals surface area contributed by atoms with Crippen molar-refractivity contribution in [2.45, 2.75) is 38.6 Å². The van der Waals surface area contributed by atoms with Crippen LogP contribution in [0.1, 0.15) is 29.5 Å². The topological polar surface area (TPSA) is 39.5 Å². The van der Waals surface area contributed by atoms with Crippen molar-refractivity contribution in [2.24, 2.45) is 0 Å². The lowest BCUT2D eigenvalue weighted by molar-refractivity contribution is 0.0679. The lowest BCUT2D eigenvalue weighted by Gasteiger charge is -2.25. The van der Waals surface area contributed by atoms with E-state index in [9.17, 15) is 0 Å². The van der Waals surface area contributed by atoms with Gasteiger partial charge in [-0.15, -0.1) is 0 Å². The van der Waals surface area contributed by atoms with Crippen molar-refractivity contribution < 1.29 is 9.47 Å². The minimum Gasteiger partial charge on any atom is -0.496 e. The second-order valence-corrected chi connectivity index (χ2v) is 8.07. The SMILES string of the molecule is COc1ccc(CN(Cc2ccsc2)CC2CCCO2)cc1Cn1cccn1. The molecule has 3 aromatic rings. The summed E-state index contributed by atoms with van der Waals surface area (Å²) in [4.78, 5) is 2.50. The molecule has 28 heavy (non-hydrogen) atoms. The van der Waals surface area contributed by atoms with Gasteiger partial charge < -0.3 is 9.47 Å². The van der Waals surface area contributed by atoms with Gasteiger partial charge in [-0.3, -0.25) is 9.58 Å². The second kappa shape index (κ2) is 9.37. The monoisotopic (exact) mass is 397 g/mol. The highest BCUT2D eigenvalue weighted by Gasteiger charge is 2.20. The highest BCUT2D eigenvalue weighted by Crippen LogP contribution is 2.23. The molecule has 0 spiro atoms. The summed E-state index contributed by atoms with van der Waals surface area (Å²) in [5, 5.41) is 8.71. The predicted molar refractivity (Wildman–Crippen MR) is 112 cm³/mol. The van der Waals surface area contributed by atoms with Gasteiger partial charge in [0.2, 0.25) is 0 Å². The lowest BCUT2D eigenvalue weighted by atomic mass is 10.1. The van der Waals surface area contributed by atoms with Gasteiger partial charge in [0.05, 0.1) is 19.8 Å². The Morgan fingerprint density at radius 1 is 1.29 bits per heavy atom. The van der Waals surface area contributed by atoms with Crippen molar-refractivity contribution in [3.05, 3.63) is 70.2 Å². The minimum absolute atomic E-state index is 0.348. The molecular formula is C22H27N3O2S. The zero-order chi connectivity index (χ0) is 19.2. The first-order valence-corrected chi connectivity index (χ1v) is 10.7. The Labute approximate surface area is 170 Å². The van der Waals surface area contributed by atoms with Gasteiger partial charge in [0.15, 0.2) is 0 Å². The van der Waals surface area contributed by atoms with Crippen LogP contribution in [-0.2, 0) is 24.4 Å². The molecule has 6 heteroatoms. The molecule has 0 amide bonds. The first-order chi connectivity index (χ1) is 13.8. The van der Waals surface area contributed by atoms with Gasteiger partial charge in [-0.1, -0.05) is 6.07 Å². The molecule has 0 aliphatic carbocycles. The van der Waals surface area contributed by atoms with E-state index in [1.807, 2.05) is 16.9 Å². The minimum atomic E-state index is 0.348. The van der Waals surface area contributed by atoms with E-state index in [-0.39, 0.29) is 0 Å². The number of ether oxygens (including phenoxy) is 2. The second-order valence-electron chi connectivity index (χ2n) is 7.29. The zero-order valence-corrected chi connectivity index (χ0v) is 17.1. The van der Waals surface area contributed by atoms with Crippen molar-refractivity contribution in [1.82, 2.24) is 14.7 Å². The van der Waals surface area contributed by atoms with E-state index in [1.165, 1.54) is 17.5 Å². The first kappa shape index (κ1) is 19.2. The van der Waals surface area contributed by atoms with E-state index >= 15 is 0 Å². The quantitative estimate of drug-likeness (QED) is 0.543. The molecule has 1 aliphatic heterocycles. The molecule has 1 fully saturated rings. The zero-order valence-electron chi connectivity index (χ0n) is 16.3. The number of rotatable bonds is 9. The molecule has 5 nitrogen and oxygen atoms in total. The number of hydrogen-bond acceptors (Lipinski definition) is 5. The fraction of sp³-hybridized carbons (Fsp3) is 0.409. The van der Waals surface area contributed by atoms with Gasteiger partial charge in [0, 0.05) is 44.2 Å². The summed E-state index contributed by atoms with van der Waals surface area (Å²) in [6, 6.07) is 10.6. The Kier molecular flexibility index (Phi) is 6.41. The molecule has 1 unspecified atom stereocenters. The smallest absolute Gasteiger partial charge is 0.123 e. The van der Waals surface area contributed by atoms with E-state index in [4.69, 9.17) is 9.47 Å². The summed E-state index contributed by atoms with van der Waals surface area (Å²) in [7, 11) is 1.72. The van der Waals surface area contributed by atoms with Crippen molar-refractivity contribution in [3.8, 4) is 5.75 Å². The third kappa shape index (κ3) is 5.01. The average Bonchev–Trinajstić information content (AvgIpc) is 3.46. The molecule has 2 aromatic heterocycles. The van der Waals surface area contributed by atoms with E-state index in [0.717, 1.165) is 44.0 Å². The number of methoxy groups -OCH3 is 1. The molecule has 1 aromatic carbocycles. The molecule has 4 rings (SSSR count). The highest BCUT2D eigenvalue weighted by atomic mass is 32.1. The van der Waals surface area contributed by atoms with Gasteiger partial charge in [0.1, 0.15) is 5.75 Å². The summed E-state index contributed by atoms with van der Waals surface area (Å²) in [6.07, 6.45) is 6.47. The molecule has 0 bridgehead atoms. The first-order valence-electron chi connectivity index (χ1n) is 9.78. The summed E-state index contributed by atoms with van der Waals surface area (Å²) in [5.74, 6) is 0.905. The fourth-order valence-electron chi connectivity index (χ4n) is 3.78. The number of aromatic nitrogens is 2. The maximum Gasteiger partial charge on any atom is 0.123 e. The fourth-order valence-corrected chi connectivity index (χ4v) is 4.44. The van der Waals surface area contributed by atoms with E-state index < -0.39 is 0 Å². The van der Waals surface area contributed by atoms with Crippen LogP contribution in [0, 0.1) is 0 Å². The summed E-state index contributed by atoms with van der Waals surface area (Å²) >= 11 is 1.76. The molecule has 1 atom stereocenters. The van der Waals surface area contributed by atoms with Crippen LogP contribution in [0.3, 0.4) is 0 Å². The molecule has 1 aliphatic rings. The van der Waals surface area contributed by atoms with Crippen LogP contribution in [0.2, 0.25) is 0 Å². The number of benzene rings is 1. The van der Waals surface area contributed by atoms with Crippen LogP contribution < -0.4 is 4.74 Å². The largest absolute Gasteiger partial charge is 0.496 e. The van der Waals surface area contributed by atoms with Gasteiger partial charge in [-0.25, -0.2) is 0 Å². The van der Waals surface area contributed by atoms with Gasteiger partial charge >= 0.3 is 0 Å². The predicted octanol–water partition coefficient (Wildman–Crippen LogP) is 4.18. The van der Waals surface area contributed by atoms with Crippen molar-refractivity contribution in [3.63, 3.8) is 0 Å². The molecule has 1 saturated heterocycles. The van der Waals surface area contributed by atoms with Crippen LogP contribution in [0.4, 0.5) is 0 Å². The summed E-state index contributed by atoms with van der Waals surface area (Å²) < 4.78 is 13.4. The van der Waals surface area contributed by atoms with E-state index in [1.54, 1.807) is 24.6 Å². The average molecular weight is 398 g/mol. The van der Waals surface area contributed by atoms with Crippen molar-refractivity contribution >= 4 is 11.3 Å². The molecular weight excluding hydrogens is 370 g/mol. The maximum atomic E-state index is 5.90. The van der Waals surface area contributed by atoms with Crippen LogP contribution in [0.5, 0.6) is 5.75 Å². The third-order valence-corrected chi connectivity index (χ3v) is 5.85. The highest BCUT2D eigenvalue weighted by molar-refractivity contribution is 7.07.